The van der Waals surface area contributed by atoms with Crippen LogP contribution in [0.1, 0.15) is 64.7 Å². The largest absolute Gasteiger partial charge is 0.392 e. The molecule has 0 aromatic heterocycles. The first kappa shape index (κ1) is 14.0. The number of rotatable bonds is 1. The van der Waals surface area contributed by atoms with Gasteiger partial charge >= 0.3 is 0 Å². The second kappa shape index (κ2) is 4.94. The van der Waals surface area contributed by atoms with E-state index in [1.54, 1.807) is 0 Å². The summed E-state index contributed by atoms with van der Waals surface area (Å²) >= 11 is 0. The van der Waals surface area contributed by atoms with E-state index >= 15 is 0 Å². The molecule has 6 atom stereocenters. The van der Waals surface area contributed by atoms with Crippen LogP contribution in [0.25, 0.3) is 0 Å². The van der Waals surface area contributed by atoms with Crippen LogP contribution in [-0.4, -0.2) is 17.0 Å². The van der Waals surface area contributed by atoms with E-state index in [1.807, 2.05) is 6.08 Å². The lowest BCUT2D eigenvalue weighted by molar-refractivity contribution is -0.120. The van der Waals surface area contributed by atoms with Gasteiger partial charge in [-0.15, -0.1) is 0 Å². The van der Waals surface area contributed by atoms with E-state index in [2.05, 4.69) is 6.92 Å². The zero-order valence-corrected chi connectivity index (χ0v) is 13.2. The van der Waals surface area contributed by atoms with E-state index in [0.717, 1.165) is 18.3 Å². The summed E-state index contributed by atoms with van der Waals surface area (Å²) in [5, 5.41) is 10.5. The van der Waals surface area contributed by atoms with Crippen molar-refractivity contribution in [3.63, 3.8) is 0 Å². The number of hydrogen-bond donors (Lipinski definition) is 1. The molecule has 3 fully saturated rings. The molecule has 0 aliphatic heterocycles. The van der Waals surface area contributed by atoms with Gasteiger partial charge in [-0.2, -0.15) is 0 Å². The molecule has 4 aliphatic rings. The predicted octanol–water partition coefficient (Wildman–Crippen LogP) is 3.88. The first-order valence-electron chi connectivity index (χ1n) is 9.06. The van der Waals surface area contributed by atoms with Crippen molar-refractivity contribution >= 4 is 5.78 Å². The van der Waals surface area contributed by atoms with Gasteiger partial charge in [-0.25, -0.2) is 0 Å². The molecule has 4 aliphatic carbocycles. The molecule has 3 saturated carbocycles. The third-order valence-corrected chi connectivity index (χ3v) is 7.55. The molecule has 0 radical (unpaired) electrons. The molecule has 0 heterocycles. The highest BCUT2D eigenvalue weighted by Crippen LogP contribution is 2.62. The standard InChI is InChI=1S/C19H28O2/c1-2-19-8-3-4-16(19)14-6-5-12-10-13(20)11-17(21)18(12)15(14)7-9-19/h10,14-18,21H,2-9,11H2,1H3/t14-,15+,16+,17?,18+,19+/m1/s1. The lowest BCUT2D eigenvalue weighted by Gasteiger charge is -2.54. The second-order valence-electron chi connectivity index (χ2n) is 8.10. The first-order chi connectivity index (χ1) is 10.1. The Morgan fingerprint density at radius 3 is 2.90 bits per heavy atom. The third kappa shape index (κ3) is 1.98. The molecular formula is C19H28O2. The van der Waals surface area contributed by atoms with Gasteiger partial charge < -0.3 is 5.11 Å². The number of carbonyl (C=O) groups excluding carboxylic acids is 1. The molecular weight excluding hydrogens is 260 g/mol. The number of aliphatic hydroxyl groups excluding tert-OH is 1. The van der Waals surface area contributed by atoms with E-state index < -0.39 is 6.10 Å². The molecule has 0 spiro atoms. The average Bonchev–Trinajstić information content (AvgIpc) is 2.90. The lowest BCUT2D eigenvalue weighted by Crippen LogP contribution is -2.48. The van der Waals surface area contributed by atoms with E-state index in [9.17, 15) is 9.90 Å². The van der Waals surface area contributed by atoms with Crippen LogP contribution in [0.4, 0.5) is 0 Å². The molecule has 2 nitrogen and oxygen atoms in total. The number of aliphatic hydroxyl groups is 1. The minimum absolute atomic E-state index is 0.145. The van der Waals surface area contributed by atoms with Gasteiger partial charge in [-0.1, -0.05) is 25.3 Å². The van der Waals surface area contributed by atoms with E-state index in [1.165, 1.54) is 50.5 Å². The van der Waals surface area contributed by atoms with Crippen LogP contribution < -0.4 is 0 Å². The summed E-state index contributed by atoms with van der Waals surface area (Å²) < 4.78 is 0. The van der Waals surface area contributed by atoms with Gasteiger partial charge in [0.15, 0.2) is 5.78 Å². The van der Waals surface area contributed by atoms with Crippen molar-refractivity contribution in [2.45, 2.75) is 70.8 Å². The molecule has 2 heteroatoms. The highest BCUT2D eigenvalue weighted by atomic mass is 16.3. The van der Waals surface area contributed by atoms with Gasteiger partial charge in [0.2, 0.25) is 0 Å². The van der Waals surface area contributed by atoms with Crippen LogP contribution in [0, 0.1) is 29.1 Å². The van der Waals surface area contributed by atoms with Gasteiger partial charge in [-0.05, 0) is 67.8 Å². The van der Waals surface area contributed by atoms with Crippen LogP contribution in [0.2, 0.25) is 0 Å². The van der Waals surface area contributed by atoms with Crippen molar-refractivity contribution in [2.75, 3.05) is 0 Å². The Morgan fingerprint density at radius 2 is 2.10 bits per heavy atom. The van der Waals surface area contributed by atoms with Gasteiger partial charge in [0.05, 0.1) is 6.10 Å². The minimum Gasteiger partial charge on any atom is -0.392 e. The smallest absolute Gasteiger partial charge is 0.158 e. The number of fused-ring (bicyclic) bond motifs is 5. The molecule has 0 saturated heterocycles. The highest BCUT2D eigenvalue weighted by molar-refractivity contribution is 5.92. The normalized spacial score (nSPS) is 49.1. The maximum absolute atomic E-state index is 11.7. The van der Waals surface area contributed by atoms with Gasteiger partial charge in [0, 0.05) is 12.3 Å². The molecule has 21 heavy (non-hydrogen) atoms. The Hall–Kier alpha value is -0.630. The number of ketones is 1. The van der Waals surface area contributed by atoms with E-state index in [-0.39, 0.29) is 5.78 Å². The summed E-state index contributed by atoms with van der Waals surface area (Å²) in [7, 11) is 0. The Labute approximate surface area is 128 Å². The molecule has 0 bridgehead atoms. The zero-order chi connectivity index (χ0) is 14.6. The van der Waals surface area contributed by atoms with Gasteiger partial charge in [0.1, 0.15) is 0 Å². The quantitative estimate of drug-likeness (QED) is 0.795. The third-order valence-electron chi connectivity index (χ3n) is 7.55. The van der Waals surface area contributed by atoms with Crippen molar-refractivity contribution in [2.24, 2.45) is 29.1 Å². The van der Waals surface area contributed by atoms with Crippen molar-refractivity contribution in [3.05, 3.63) is 11.6 Å². The Bertz CT molecular complexity index is 480. The summed E-state index contributed by atoms with van der Waals surface area (Å²) in [6.45, 7) is 2.39. The number of hydrogen-bond acceptors (Lipinski definition) is 2. The van der Waals surface area contributed by atoms with Crippen LogP contribution in [0.5, 0.6) is 0 Å². The monoisotopic (exact) mass is 288 g/mol. The van der Waals surface area contributed by atoms with Crippen molar-refractivity contribution in [3.8, 4) is 0 Å². The maximum atomic E-state index is 11.7. The highest BCUT2D eigenvalue weighted by Gasteiger charge is 2.54. The fourth-order valence-electron chi connectivity index (χ4n) is 6.66. The molecule has 116 valence electrons. The van der Waals surface area contributed by atoms with Crippen LogP contribution in [-0.2, 0) is 4.79 Å². The molecule has 1 N–H and O–H groups in total. The molecule has 0 amide bonds. The second-order valence-corrected chi connectivity index (χ2v) is 8.10. The van der Waals surface area contributed by atoms with E-state index in [0.29, 0.717) is 23.7 Å². The van der Waals surface area contributed by atoms with E-state index in [4.69, 9.17) is 0 Å². The average molecular weight is 288 g/mol. The van der Waals surface area contributed by atoms with Gasteiger partial charge in [-0.3, -0.25) is 4.79 Å². The van der Waals surface area contributed by atoms with Crippen LogP contribution in [0.3, 0.4) is 0 Å². The number of carbonyl (C=O) groups is 1. The Kier molecular flexibility index (Phi) is 3.29. The molecule has 0 aromatic carbocycles. The zero-order valence-electron chi connectivity index (χ0n) is 13.2. The summed E-state index contributed by atoms with van der Waals surface area (Å²) in [4.78, 5) is 11.7. The SMILES string of the molecule is CC[C@@]12CCC[C@H]1[C@@H]1CCC3=CC(=O)CC(O)[C@@H]3[C@H]1CC2. The molecule has 4 rings (SSSR count). The topological polar surface area (TPSA) is 37.3 Å². The predicted molar refractivity (Wildman–Crippen MR) is 82.7 cm³/mol. The fourth-order valence-corrected chi connectivity index (χ4v) is 6.66. The Morgan fingerprint density at radius 1 is 1.24 bits per heavy atom. The first-order valence-corrected chi connectivity index (χ1v) is 9.06. The summed E-state index contributed by atoms with van der Waals surface area (Å²) in [5.74, 6) is 2.80. The molecule has 1 unspecified atom stereocenters. The summed E-state index contributed by atoms with van der Waals surface area (Å²) in [5.41, 5.74) is 1.90. The van der Waals surface area contributed by atoms with Crippen LogP contribution in [0.15, 0.2) is 11.6 Å². The maximum Gasteiger partial charge on any atom is 0.158 e. The minimum atomic E-state index is -0.402. The van der Waals surface area contributed by atoms with Crippen molar-refractivity contribution < 1.29 is 9.90 Å². The van der Waals surface area contributed by atoms with Gasteiger partial charge in [0.25, 0.3) is 0 Å². The van der Waals surface area contributed by atoms with Crippen molar-refractivity contribution in [1.29, 1.82) is 0 Å². The fraction of sp³-hybridized carbons (Fsp3) is 0.842. The van der Waals surface area contributed by atoms with Crippen LogP contribution >= 0.6 is 0 Å². The van der Waals surface area contributed by atoms with Crippen molar-refractivity contribution in [1.82, 2.24) is 0 Å². The summed E-state index contributed by atoms with van der Waals surface area (Å²) in [6, 6.07) is 0. The summed E-state index contributed by atoms with van der Waals surface area (Å²) in [6.07, 6.45) is 12.4. The molecule has 0 aromatic rings. The lowest BCUT2D eigenvalue weighted by atomic mass is 9.51. The Balaban J connectivity index is 1.65.